The van der Waals surface area contributed by atoms with E-state index in [4.69, 9.17) is 27.1 Å². The molecule has 17 heavy (non-hydrogen) atoms. The summed E-state index contributed by atoms with van der Waals surface area (Å²) in [5, 5.41) is 0. The molecule has 0 bridgehead atoms. The Morgan fingerprint density at radius 3 is 2.82 bits per heavy atom. The summed E-state index contributed by atoms with van der Waals surface area (Å²) < 4.78 is 23.9. The fourth-order valence-corrected chi connectivity index (χ4v) is 1.44. The number of hydrogen-bond donors (Lipinski definition) is 1. The lowest BCUT2D eigenvalue weighted by Gasteiger charge is -2.06. The van der Waals surface area contributed by atoms with Crippen molar-refractivity contribution in [2.75, 3.05) is 0 Å². The number of furan rings is 1. The first-order valence-corrected chi connectivity index (χ1v) is 5.32. The normalized spacial score (nSPS) is 10.2. The van der Waals surface area contributed by atoms with Crippen molar-refractivity contribution < 1.29 is 13.5 Å². The van der Waals surface area contributed by atoms with E-state index in [0.717, 1.165) is 0 Å². The Morgan fingerprint density at radius 1 is 1.41 bits per heavy atom. The Bertz CT molecular complexity index is 525. The molecule has 2 aromatic rings. The van der Waals surface area contributed by atoms with E-state index >= 15 is 0 Å². The predicted octanol–water partition coefficient (Wildman–Crippen LogP) is 2.63. The Kier molecular flexibility index (Phi) is 3.39. The molecular weight excluding hydrogens is 241 g/mol. The van der Waals surface area contributed by atoms with Crippen molar-refractivity contribution in [2.24, 2.45) is 5.73 Å². The molecule has 0 saturated carbocycles. The van der Waals surface area contributed by atoms with Crippen LogP contribution in [-0.4, -0.2) is 4.99 Å². The SMILES string of the molecule is NC(=S)c1ccc(OCc2ccco2)c(F)c1. The zero-order valence-electron chi connectivity index (χ0n) is 8.85. The van der Waals surface area contributed by atoms with E-state index in [9.17, 15) is 4.39 Å². The van der Waals surface area contributed by atoms with Gasteiger partial charge in [-0.05, 0) is 30.3 Å². The van der Waals surface area contributed by atoms with E-state index < -0.39 is 5.82 Å². The van der Waals surface area contributed by atoms with Crippen LogP contribution in [0.2, 0.25) is 0 Å². The van der Waals surface area contributed by atoms with E-state index in [2.05, 4.69) is 0 Å². The van der Waals surface area contributed by atoms with Gasteiger partial charge in [0.25, 0.3) is 0 Å². The summed E-state index contributed by atoms with van der Waals surface area (Å²) >= 11 is 4.75. The maximum atomic E-state index is 13.6. The molecule has 0 aliphatic rings. The molecule has 0 unspecified atom stereocenters. The topological polar surface area (TPSA) is 48.4 Å². The minimum absolute atomic E-state index is 0.140. The standard InChI is InChI=1S/C12H10FNO2S/c13-10-6-8(12(14)17)3-4-11(10)16-7-9-2-1-5-15-9/h1-6H,7H2,(H2,14,17). The van der Waals surface area contributed by atoms with Gasteiger partial charge in [-0.3, -0.25) is 0 Å². The summed E-state index contributed by atoms with van der Waals surface area (Å²) in [6.07, 6.45) is 1.53. The lowest BCUT2D eigenvalue weighted by Crippen LogP contribution is -2.09. The van der Waals surface area contributed by atoms with Gasteiger partial charge in [0.05, 0.1) is 6.26 Å². The first kappa shape index (κ1) is 11.6. The zero-order valence-corrected chi connectivity index (χ0v) is 9.67. The fraction of sp³-hybridized carbons (Fsp3) is 0.0833. The van der Waals surface area contributed by atoms with Crippen LogP contribution in [0.4, 0.5) is 4.39 Å². The number of nitrogens with two attached hydrogens (primary N) is 1. The van der Waals surface area contributed by atoms with Gasteiger partial charge >= 0.3 is 0 Å². The molecule has 0 fully saturated rings. The van der Waals surface area contributed by atoms with Gasteiger partial charge < -0.3 is 14.9 Å². The van der Waals surface area contributed by atoms with Crippen LogP contribution in [0.5, 0.6) is 5.75 Å². The van der Waals surface area contributed by atoms with Gasteiger partial charge in [0.15, 0.2) is 11.6 Å². The van der Waals surface area contributed by atoms with E-state index in [1.165, 1.54) is 18.4 Å². The third-order valence-corrected chi connectivity index (χ3v) is 2.40. The highest BCUT2D eigenvalue weighted by Crippen LogP contribution is 2.19. The van der Waals surface area contributed by atoms with Gasteiger partial charge in [-0.15, -0.1) is 0 Å². The van der Waals surface area contributed by atoms with Crippen molar-refractivity contribution in [2.45, 2.75) is 6.61 Å². The smallest absolute Gasteiger partial charge is 0.165 e. The Hall–Kier alpha value is -1.88. The maximum absolute atomic E-state index is 13.6. The number of thiocarbonyl (C=S) groups is 1. The molecule has 88 valence electrons. The second-order valence-corrected chi connectivity index (χ2v) is 3.82. The molecule has 0 atom stereocenters. The van der Waals surface area contributed by atoms with Crippen molar-refractivity contribution in [1.82, 2.24) is 0 Å². The van der Waals surface area contributed by atoms with Crippen LogP contribution < -0.4 is 10.5 Å². The first-order chi connectivity index (χ1) is 8.16. The fourth-order valence-electron chi connectivity index (χ4n) is 1.31. The van der Waals surface area contributed by atoms with Crippen LogP contribution in [0, 0.1) is 5.82 Å². The highest BCUT2D eigenvalue weighted by atomic mass is 32.1. The van der Waals surface area contributed by atoms with Crippen LogP contribution in [0.1, 0.15) is 11.3 Å². The molecule has 2 N–H and O–H groups in total. The summed E-state index contributed by atoms with van der Waals surface area (Å²) in [4.78, 5) is 0.154. The van der Waals surface area contributed by atoms with Gasteiger partial charge in [0, 0.05) is 5.56 Å². The van der Waals surface area contributed by atoms with Gasteiger partial charge in [-0.25, -0.2) is 4.39 Å². The van der Waals surface area contributed by atoms with E-state index in [1.54, 1.807) is 18.2 Å². The molecule has 0 spiro atoms. The predicted molar refractivity (Wildman–Crippen MR) is 65.3 cm³/mol. The lowest BCUT2D eigenvalue weighted by molar-refractivity contribution is 0.258. The van der Waals surface area contributed by atoms with Gasteiger partial charge in [0.1, 0.15) is 17.4 Å². The van der Waals surface area contributed by atoms with Crippen molar-refractivity contribution >= 4 is 17.2 Å². The van der Waals surface area contributed by atoms with Crippen molar-refractivity contribution in [3.05, 3.63) is 53.7 Å². The van der Waals surface area contributed by atoms with Gasteiger partial charge in [0.2, 0.25) is 0 Å². The molecule has 0 aliphatic carbocycles. The lowest BCUT2D eigenvalue weighted by atomic mass is 10.2. The largest absolute Gasteiger partial charge is 0.483 e. The second kappa shape index (κ2) is 4.97. The summed E-state index contributed by atoms with van der Waals surface area (Å²) in [5.41, 5.74) is 5.87. The summed E-state index contributed by atoms with van der Waals surface area (Å²) in [6.45, 7) is 0.177. The van der Waals surface area contributed by atoms with E-state index in [-0.39, 0.29) is 17.3 Å². The highest BCUT2D eigenvalue weighted by molar-refractivity contribution is 7.80. The van der Waals surface area contributed by atoms with E-state index in [0.29, 0.717) is 11.3 Å². The average Bonchev–Trinajstić information content (AvgIpc) is 2.80. The Balaban J connectivity index is 2.09. The van der Waals surface area contributed by atoms with Crippen LogP contribution >= 0.6 is 12.2 Å². The van der Waals surface area contributed by atoms with Crippen LogP contribution in [0.25, 0.3) is 0 Å². The van der Waals surface area contributed by atoms with Gasteiger partial charge in [-0.1, -0.05) is 12.2 Å². The highest BCUT2D eigenvalue weighted by Gasteiger charge is 2.07. The van der Waals surface area contributed by atoms with Crippen molar-refractivity contribution in [3.63, 3.8) is 0 Å². The third kappa shape index (κ3) is 2.82. The zero-order chi connectivity index (χ0) is 12.3. The maximum Gasteiger partial charge on any atom is 0.165 e. The quantitative estimate of drug-likeness (QED) is 0.849. The molecule has 3 nitrogen and oxygen atoms in total. The minimum atomic E-state index is -0.498. The first-order valence-electron chi connectivity index (χ1n) is 4.91. The number of rotatable bonds is 4. The summed E-state index contributed by atoms with van der Waals surface area (Å²) in [7, 11) is 0. The van der Waals surface area contributed by atoms with Crippen LogP contribution in [-0.2, 0) is 6.61 Å². The number of halogens is 1. The molecule has 5 heteroatoms. The molecule has 1 aromatic carbocycles. The number of hydrogen-bond acceptors (Lipinski definition) is 3. The molecule has 1 aromatic heterocycles. The molecule has 0 amide bonds. The minimum Gasteiger partial charge on any atom is -0.483 e. The Morgan fingerprint density at radius 2 is 2.24 bits per heavy atom. The second-order valence-electron chi connectivity index (χ2n) is 3.38. The number of ether oxygens (including phenoxy) is 1. The molecule has 2 rings (SSSR count). The molecular formula is C12H10FNO2S. The van der Waals surface area contributed by atoms with Gasteiger partial charge in [-0.2, -0.15) is 0 Å². The Labute approximate surface area is 103 Å². The molecule has 0 saturated heterocycles. The third-order valence-electron chi connectivity index (χ3n) is 2.17. The summed E-state index contributed by atoms with van der Waals surface area (Å²) in [5.74, 6) is 0.270. The number of benzene rings is 1. The van der Waals surface area contributed by atoms with Crippen molar-refractivity contribution in [3.8, 4) is 5.75 Å². The monoisotopic (exact) mass is 251 g/mol. The van der Waals surface area contributed by atoms with Crippen LogP contribution in [0.15, 0.2) is 41.0 Å². The van der Waals surface area contributed by atoms with Crippen LogP contribution in [0.3, 0.4) is 0 Å². The summed E-state index contributed by atoms with van der Waals surface area (Å²) in [6, 6.07) is 7.85. The molecule has 1 heterocycles. The molecule has 0 radical (unpaired) electrons. The van der Waals surface area contributed by atoms with Crippen molar-refractivity contribution in [1.29, 1.82) is 0 Å². The molecule has 0 aliphatic heterocycles. The van der Waals surface area contributed by atoms with E-state index in [1.807, 2.05) is 0 Å². The average molecular weight is 251 g/mol.